The molecule has 0 saturated carbocycles. The SMILES string of the molecule is CC(=O)Oc1ccc(N2CCN(CC(O)CCl)CC2)cc1. The molecule has 1 N–H and O–H groups in total. The molecule has 1 aliphatic rings. The molecule has 1 fully saturated rings. The number of hydrogen-bond donors (Lipinski definition) is 1. The van der Waals surface area contributed by atoms with Crippen molar-refractivity contribution in [1.29, 1.82) is 0 Å². The number of hydrogen-bond acceptors (Lipinski definition) is 5. The van der Waals surface area contributed by atoms with Gasteiger partial charge in [-0.05, 0) is 24.3 Å². The van der Waals surface area contributed by atoms with E-state index < -0.39 is 6.10 Å². The van der Waals surface area contributed by atoms with E-state index in [1.54, 1.807) is 12.1 Å². The first-order valence-electron chi connectivity index (χ1n) is 7.08. The molecule has 1 unspecified atom stereocenters. The second kappa shape index (κ2) is 7.64. The Bertz CT molecular complexity index is 458. The van der Waals surface area contributed by atoms with Crippen LogP contribution in [-0.2, 0) is 4.79 Å². The summed E-state index contributed by atoms with van der Waals surface area (Å²) in [5, 5.41) is 9.57. The van der Waals surface area contributed by atoms with Crippen LogP contribution in [0.5, 0.6) is 5.75 Å². The van der Waals surface area contributed by atoms with Gasteiger partial charge in [-0.2, -0.15) is 0 Å². The number of alkyl halides is 1. The molecule has 1 atom stereocenters. The largest absolute Gasteiger partial charge is 0.427 e. The Hall–Kier alpha value is -1.30. The summed E-state index contributed by atoms with van der Waals surface area (Å²) in [6.07, 6.45) is -0.457. The van der Waals surface area contributed by atoms with E-state index in [0.29, 0.717) is 12.3 Å². The average Bonchev–Trinajstić information content (AvgIpc) is 2.48. The lowest BCUT2D eigenvalue weighted by atomic mass is 10.2. The highest BCUT2D eigenvalue weighted by molar-refractivity contribution is 6.18. The maximum Gasteiger partial charge on any atom is 0.308 e. The van der Waals surface area contributed by atoms with E-state index in [4.69, 9.17) is 16.3 Å². The lowest BCUT2D eigenvalue weighted by Gasteiger charge is -2.36. The van der Waals surface area contributed by atoms with Crippen LogP contribution < -0.4 is 9.64 Å². The van der Waals surface area contributed by atoms with E-state index in [2.05, 4.69) is 9.80 Å². The monoisotopic (exact) mass is 312 g/mol. The number of piperazine rings is 1. The highest BCUT2D eigenvalue weighted by Gasteiger charge is 2.19. The fourth-order valence-electron chi connectivity index (χ4n) is 2.43. The summed E-state index contributed by atoms with van der Waals surface area (Å²) in [6, 6.07) is 7.53. The van der Waals surface area contributed by atoms with E-state index in [1.165, 1.54) is 6.92 Å². The van der Waals surface area contributed by atoms with Crippen LogP contribution in [0.2, 0.25) is 0 Å². The van der Waals surface area contributed by atoms with Crippen molar-refractivity contribution < 1.29 is 14.6 Å². The number of benzene rings is 1. The summed E-state index contributed by atoms with van der Waals surface area (Å²) in [5.41, 5.74) is 1.11. The number of aliphatic hydroxyl groups is 1. The highest BCUT2D eigenvalue weighted by Crippen LogP contribution is 2.21. The molecule has 1 aromatic rings. The number of carbonyl (C=O) groups is 1. The number of ether oxygens (including phenoxy) is 1. The second-order valence-electron chi connectivity index (χ2n) is 5.18. The third-order valence-electron chi connectivity index (χ3n) is 3.48. The minimum absolute atomic E-state index is 0.276. The zero-order valence-corrected chi connectivity index (χ0v) is 12.9. The molecular formula is C15H21ClN2O3. The first-order valence-corrected chi connectivity index (χ1v) is 7.61. The van der Waals surface area contributed by atoms with Crippen molar-refractivity contribution in [3.05, 3.63) is 24.3 Å². The number of anilines is 1. The van der Waals surface area contributed by atoms with Gasteiger partial charge in [-0.1, -0.05) is 0 Å². The predicted molar refractivity (Wildman–Crippen MR) is 83.1 cm³/mol. The number of esters is 1. The molecule has 2 rings (SSSR count). The topological polar surface area (TPSA) is 53.0 Å². The van der Waals surface area contributed by atoms with Crippen molar-refractivity contribution in [1.82, 2.24) is 4.90 Å². The molecule has 0 bridgehead atoms. The summed E-state index contributed by atoms with van der Waals surface area (Å²) in [7, 11) is 0. The zero-order valence-electron chi connectivity index (χ0n) is 12.2. The van der Waals surface area contributed by atoms with Crippen LogP contribution in [0.4, 0.5) is 5.69 Å². The fourth-order valence-corrected chi connectivity index (χ4v) is 2.52. The maximum absolute atomic E-state index is 10.9. The van der Waals surface area contributed by atoms with Gasteiger partial charge in [0.25, 0.3) is 0 Å². The van der Waals surface area contributed by atoms with Gasteiger partial charge in [-0.3, -0.25) is 9.69 Å². The summed E-state index contributed by atoms with van der Waals surface area (Å²) in [5.74, 6) is 0.530. The van der Waals surface area contributed by atoms with Crippen molar-refractivity contribution >= 4 is 23.3 Å². The van der Waals surface area contributed by atoms with E-state index in [1.807, 2.05) is 12.1 Å². The van der Waals surface area contributed by atoms with Crippen LogP contribution in [0, 0.1) is 0 Å². The van der Waals surface area contributed by atoms with Gasteiger partial charge < -0.3 is 14.7 Å². The number of carbonyl (C=O) groups excluding carboxylic acids is 1. The Balaban J connectivity index is 1.85. The third-order valence-corrected chi connectivity index (χ3v) is 3.84. The van der Waals surface area contributed by atoms with Gasteiger partial charge in [-0.15, -0.1) is 11.6 Å². The average molecular weight is 313 g/mol. The van der Waals surface area contributed by atoms with E-state index in [9.17, 15) is 9.90 Å². The van der Waals surface area contributed by atoms with Gasteiger partial charge >= 0.3 is 5.97 Å². The maximum atomic E-state index is 10.9. The van der Waals surface area contributed by atoms with Crippen molar-refractivity contribution in [3.63, 3.8) is 0 Å². The van der Waals surface area contributed by atoms with Gasteiger partial charge in [0.1, 0.15) is 5.75 Å². The number of β-amino-alcohol motifs (C(OH)–C–C–N with tert-alkyl or cyclic N) is 1. The lowest BCUT2D eigenvalue weighted by Crippen LogP contribution is -2.48. The summed E-state index contributed by atoms with van der Waals surface area (Å²) in [4.78, 5) is 15.4. The normalized spacial score (nSPS) is 17.6. The van der Waals surface area contributed by atoms with Gasteiger partial charge in [0, 0.05) is 51.2 Å². The van der Waals surface area contributed by atoms with Crippen LogP contribution >= 0.6 is 11.6 Å². The molecule has 1 heterocycles. The quantitative estimate of drug-likeness (QED) is 0.505. The van der Waals surface area contributed by atoms with E-state index in [-0.39, 0.29) is 11.8 Å². The molecule has 21 heavy (non-hydrogen) atoms. The van der Waals surface area contributed by atoms with Crippen LogP contribution in [0.1, 0.15) is 6.92 Å². The van der Waals surface area contributed by atoms with Crippen molar-refractivity contribution in [2.75, 3.05) is 43.5 Å². The molecule has 0 aliphatic carbocycles. The molecule has 0 amide bonds. The third kappa shape index (κ3) is 4.88. The molecular weight excluding hydrogens is 292 g/mol. The van der Waals surface area contributed by atoms with Crippen molar-refractivity contribution in [2.24, 2.45) is 0 Å². The molecule has 1 aliphatic heterocycles. The Morgan fingerprint density at radius 2 is 1.90 bits per heavy atom. The molecule has 1 aromatic carbocycles. The highest BCUT2D eigenvalue weighted by atomic mass is 35.5. The van der Waals surface area contributed by atoms with Gasteiger partial charge in [0.05, 0.1) is 6.10 Å². The van der Waals surface area contributed by atoms with Crippen molar-refractivity contribution in [3.8, 4) is 5.75 Å². The van der Waals surface area contributed by atoms with Crippen LogP contribution in [0.15, 0.2) is 24.3 Å². The lowest BCUT2D eigenvalue weighted by molar-refractivity contribution is -0.131. The molecule has 6 heteroatoms. The number of rotatable bonds is 5. The molecule has 1 saturated heterocycles. The minimum Gasteiger partial charge on any atom is -0.427 e. The van der Waals surface area contributed by atoms with Crippen molar-refractivity contribution in [2.45, 2.75) is 13.0 Å². The smallest absolute Gasteiger partial charge is 0.308 e. The fraction of sp³-hybridized carbons (Fsp3) is 0.533. The van der Waals surface area contributed by atoms with Gasteiger partial charge in [0.15, 0.2) is 0 Å². The van der Waals surface area contributed by atoms with E-state index >= 15 is 0 Å². The standard InChI is InChI=1S/C15H21ClN2O3/c1-12(19)21-15-4-2-13(3-5-15)18-8-6-17(7-9-18)11-14(20)10-16/h2-5,14,20H,6-11H2,1H3. The number of nitrogens with zero attached hydrogens (tertiary/aromatic N) is 2. The number of aliphatic hydroxyl groups excluding tert-OH is 1. The Kier molecular flexibility index (Phi) is 5.85. The second-order valence-corrected chi connectivity index (χ2v) is 5.49. The number of halogens is 1. The first-order chi connectivity index (χ1) is 10.1. The Labute approximate surface area is 130 Å². The molecule has 0 aromatic heterocycles. The Morgan fingerprint density at radius 1 is 1.29 bits per heavy atom. The zero-order chi connectivity index (χ0) is 15.2. The molecule has 5 nitrogen and oxygen atoms in total. The van der Waals surface area contributed by atoms with Crippen LogP contribution in [0.25, 0.3) is 0 Å². The van der Waals surface area contributed by atoms with Gasteiger partial charge in [0.2, 0.25) is 0 Å². The minimum atomic E-state index is -0.457. The summed E-state index contributed by atoms with van der Waals surface area (Å²) >= 11 is 5.62. The molecule has 116 valence electrons. The molecule has 0 radical (unpaired) electrons. The summed E-state index contributed by atoms with van der Waals surface area (Å²) < 4.78 is 5.02. The van der Waals surface area contributed by atoms with E-state index in [0.717, 1.165) is 31.9 Å². The van der Waals surface area contributed by atoms with Gasteiger partial charge in [-0.25, -0.2) is 0 Å². The van der Waals surface area contributed by atoms with Crippen LogP contribution in [0.3, 0.4) is 0 Å². The van der Waals surface area contributed by atoms with Crippen LogP contribution in [-0.4, -0.2) is 60.7 Å². The molecule has 0 spiro atoms. The first kappa shape index (κ1) is 16.1. The Morgan fingerprint density at radius 3 is 2.43 bits per heavy atom. The summed E-state index contributed by atoms with van der Waals surface area (Å²) in [6.45, 7) is 5.63. The predicted octanol–water partition coefficient (Wildman–Crippen LogP) is 1.33.